The van der Waals surface area contributed by atoms with Gasteiger partial charge in [0, 0.05) is 0 Å². The fourth-order valence-electron chi connectivity index (χ4n) is 2.85. The van der Waals surface area contributed by atoms with E-state index in [2.05, 4.69) is 42.7 Å². The van der Waals surface area contributed by atoms with Gasteiger partial charge < -0.3 is 20.5 Å². The van der Waals surface area contributed by atoms with Crippen LogP contribution in [0.1, 0.15) is 25.0 Å². The number of benzene rings is 2. The lowest BCUT2D eigenvalue weighted by molar-refractivity contribution is 0.116. The number of fused-ring (bicyclic) bond motifs is 1. The van der Waals surface area contributed by atoms with Crippen molar-refractivity contribution in [3.05, 3.63) is 53.6 Å². The maximum atomic E-state index is 9.28. The maximum absolute atomic E-state index is 9.28. The summed E-state index contributed by atoms with van der Waals surface area (Å²) in [5.41, 5.74) is 3.49. The molecule has 4 nitrogen and oxygen atoms in total. The van der Waals surface area contributed by atoms with Gasteiger partial charge in [-0.3, -0.25) is 0 Å². The Morgan fingerprint density at radius 3 is 2.46 bits per heavy atom. The van der Waals surface area contributed by atoms with E-state index in [9.17, 15) is 5.11 Å². The van der Waals surface area contributed by atoms with E-state index in [0.29, 0.717) is 5.75 Å². The van der Waals surface area contributed by atoms with Crippen LogP contribution in [0.3, 0.4) is 0 Å². The van der Waals surface area contributed by atoms with E-state index in [1.165, 1.54) is 11.1 Å². The summed E-state index contributed by atoms with van der Waals surface area (Å²) in [6.45, 7) is 6.90. The molecular weight excluding hydrogens is 300 g/mol. The molecular formula is C20H26N2O2. The van der Waals surface area contributed by atoms with Crippen molar-refractivity contribution >= 4 is 5.69 Å². The first-order valence-electron chi connectivity index (χ1n) is 8.56. The second kappa shape index (κ2) is 7.14. The zero-order valence-electron chi connectivity index (χ0n) is 14.4. The molecule has 0 bridgehead atoms. The van der Waals surface area contributed by atoms with Crippen LogP contribution >= 0.6 is 0 Å². The van der Waals surface area contributed by atoms with Gasteiger partial charge in [-0.1, -0.05) is 18.2 Å². The molecule has 3 rings (SSSR count). The summed E-state index contributed by atoms with van der Waals surface area (Å²) in [7, 11) is 0. The van der Waals surface area contributed by atoms with Gasteiger partial charge in [0.05, 0.1) is 12.2 Å². The fourth-order valence-corrected chi connectivity index (χ4v) is 2.85. The molecule has 4 heteroatoms. The van der Waals surface area contributed by atoms with E-state index in [0.717, 1.165) is 43.9 Å². The average Bonchev–Trinajstić information content (AvgIpc) is 2.56. The summed E-state index contributed by atoms with van der Waals surface area (Å²) in [5, 5.41) is 16.2. The Hall–Kier alpha value is -2.20. The van der Waals surface area contributed by atoms with Gasteiger partial charge in [0.25, 0.3) is 0 Å². The van der Waals surface area contributed by atoms with Gasteiger partial charge in [-0.2, -0.15) is 0 Å². The molecule has 0 fully saturated rings. The Kier molecular flexibility index (Phi) is 4.95. The number of ether oxygens (including phenoxy) is 1. The SMILES string of the molecule is CC1(C)CNc2cc(CCNCCc3ccc(O)cc3)ccc2O1. The minimum Gasteiger partial charge on any atom is -0.508 e. The Morgan fingerprint density at radius 1 is 1.04 bits per heavy atom. The number of hydrogen-bond donors (Lipinski definition) is 3. The summed E-state index contributed by atoms with van der Waals surface area (Å²) < 4.78 is 5.98. The summed E-state index contributed by atoms with van der Waals surface area (Å²) >= 11 is 0. The third kappa shape index (κ3) is 4.42. The van der Waals surface area contributed by atoms with Crippen LogP contribution in [0.2, 0.25) is 0 Å². The topological polar surface area (TPSA) is 53.5 Å². The monoisotopic (exact) mass is 326 g/mol. The van der Waals surface area contributed by atoms with Crippen molar-refractivity contribution < 1.29 is 9.84 Å². The second-order valence-electron chi connectivity index (χ2n) is 6.96. The zero-order valence-corrected chi connectivity index (χ0v) is 14.4. The van der Waals surface area contributed by atoms with Crippen molar-refractivity contribution in [1.29, 1.82) is 0 Å². The van der Waals surface area contributed by atoms with Crippen molar-refractivity contribution in [3.8, 4) is 11.5 Å². The average molecular weight is 326 g/mol. The molecule has 3 N–H and O–H groups in total. The lowest BCUT2D eigenvalue weighted by atomic mass is 10.0. The predicted molar refractivity (Wildman–Crippen MR) is 98.0 cm³/mol. The normalized spacial score (nSPS) is 15.2. The largest absolute Gasteiger partial charge is 0.508 e. The Labute approximate surface area is 143 Å². The van der Waals surface area contributed by atoms with Crippen LogP contribution in [-0.2, 0) is 12.8 Å². The molecule has 128 valence electrons. The summed E-state index contributed by atoms with van der Waals surface area (Å²) in [5.74, 6) is 1.26. The molecule has 0 aromatic heterocycles. The van der Waals surface area contributed by atoms with Crippen LogP contribution < -0.4 is 15.4 Å². The number of phenols is 1. The molecule has 24 heavy (non-hydrogen) atoms. The molecule has 1 aliphatic rings. The summed E-state index contributed by atoms with van der Waals surface area (Å²) in [6.07, 6.45) is 1.96. The third-order valence-corrected chi connectivity index (χ3v) is 4.25. The van der Waals surface area contributed by atoms with Crippen molar-refractivity contribution in [2.75, 3.05) is 25.0 Å². The van der Waals surface area contributed by atoms with E-state index in [4.69, 9.17) is 4.74 Å². The smallest absolute Gasteiger partial charge is 0.143 e. The third-order valence-electron chi connectivity index (χ3n) is 4.25. The van der Waals surface area contributed by atoms with Gasteiger partial charge in [-0.15, -0.1) is 0 Å². The van der Waals surface area contributed by atoms with Crippen LogP contribution in [0.5, 0.6) is 11.5 Å². The van der Waals surface area contributed by atoms with Crippen LogP contribution in [0.25, 0.3) is 0 Å². The molecule has 1 heterocycles. The molecule has 2 aromatic rings. The van der Waals surface area contributed by atoms with Gasteiger partial charge in [0.15, 0.2) is 0 Å². The van der Waals surface area contributed by atoms with Crippen LogP contribution in [-0.4, -0.2) is 30.3 Å². The molecule has 0 saturated carbocycles. The molecule has 0 saturated heterocycles. The molecule has 0 spiro atoms. The van der Waals surface area contributed by atoms with Crippen LogP contribution in [0, 0.1) is 0 Å². The highest BCUT2D eigenvalue weighted by Gasteiger charge is 2.25. The Morgan fingerprint density at radius 2 is 1.71 bits per heavy atom. The van der Waals surface area contributed by atoms with Crippen molar-refractivity contribution in [3.63, 3.8) is 0 Å². The van der Waals surface area contributed by atoms with E-state index < -0.39 is 0 Å². The summed E-state index contributed by atoms with van der Waals surface area (Å²) in [4.78, 5) is 0. The molecule has 0 atom stereocenters. The van der Waals surface area contributed by atoms with E-state index in [1.807, 2.05) is 12.1 Å². The standard InChI is InChI=1S/C20H26N2O2/c1-20(2)14-22-18-13-16(5-8-19(18)24-20)10-12-21-11-9-15-3-6-17(23)7-4-15/h3-8,13,21-23H,9-12,14H2,1-2H3. The van der Waals surface area contributed by atoms with Crippen molar-refractivity contribution in [1.82, 2.24) is 5.32 Å². The first-order valence-corrected chi connectivity index (χ1v) is 8.56. The van der Waals surface area contributed by atoms with Crippen molar-refractivity contribution in [2.24, 2.45) is 0 Å². The fraction of sp³-hybridized carbons (Fsp3) is 0.400. The first-order chi connectivity index (χ1) is 11.5. The highest BCUT2D eigenvalue weighted by atomic mass is 16.5. The highest BCUT2D eigenvalue weighted by molar-refractivity contribution is 5.60. The van der Waals surface area contributed by atoms with E-state index in [-0.39, 0.29) is 5.60 Å². The van der Waals surface area contributed by atoms with Crippen LogP contribution in [0.15, 0.2) is 42.5 Å². The number of hydrogen-bond acceptors (Lipinski definition) is 4. The number of phenolic OH excluding ortho intramolecular Hbond substituents is 1. The Bertz CT molecular complexity index is 681. The quantitative estimate of drug-likeness (QED) is 0.713. The predicted octanol–water partition coefficient (Wildman–Crippen LogP) is 3.35. The minimum absolute atomic E-state index is 0.149. The van der Waals surface area contributed by atoms with Gasteiger partial charge in [0.1, 0.15) is 17.1 Å². The Balaban J connectivity index is 1.43. The number of anilines is 1. The van der Waals surface area contributed by atoms with Gasteiger partial charge in [-0.05, 0) is 75.2 Å². The number of aromatic hydroxyl groups is 1. The maximum Gasteiger partial charge on any atom is 0.143 e. The van der Waals surface area contributed by atoms with Crippen LogP contribution in [0.4, 0.5) is 5.69 Å². The lowest BCUT2D eigenvalue weighted by Gasteiger charge is -2.33. The number of rotatable bonds is 6. The molecule has 0 radical (unpaired) electrons. The van der Waals surface area contributed by atoms with Gasteiger partial charge in [0.2, 0.25) is 0 Å². The molecule has 0 aliphatic carbocycles. The molecule has 1 aliphatic heterocycles. The van der Waals surface area contributed by atoms with Gasteiger partial charge in [-0.25, -0.2) is 0 Å². The van der Waals surface area contributed by atoms with Gasteiger partial charge >= 0.3 is 0 Å². The van der Waals surface area contributed by atoms with E-state index >= 15 is 0 Å². The lowest BCUT2D eigenvalue weighted by Crippen LogP contribution is -2.40. The minimum atomic E-state index is -0.149. The van der Waals surface area contributed by atoms with Crippen molar-refractivity contribution in [2.45, 2.75) is 32.3 Å². The first kappa shape index (κ1) is 16.7. The van der Waals surface area contributed by atoms with E-state index in [1.54, 1.807) is 12.1 Å². The second-order valence-corrected chi connectivity index (χ2v) is 6.96. The molecule has 0 unspecified atom stereocenters. The zero-order chi connectivity index (χ0) is 17.0. The summed E-state index contributed by atoms with van der Waals surface area (Å²) in [6, 6.07) is 13.8. The molecule has 2 aromatic carbocycles. The highest BCUT2D eigenvalue weighted by Crippen LogP contribution is 2.33. The molecule has 0 amide bonds. The number of nitrogens with one attached hydrogen (secondary N) is 2.